The van der Waals surface area contributed by atoms with E-state index in [1.165, 1.54) is 0 Å². The predicted molar refractivity (Wildman–Crippen MR) is 76.9 cm³/mol. The molecule has 6 heteroatoms. The maximum Gasteiger partial charge on any atom is 0.211 e. The van der Waals surface area contributed by atoms with E-state index in [0.29, 0.717) is 32.5 Å². The molecule has 0 atom stereocenters. The van der Waals surface area contributed by atoms with Crippen LogP contribution >= 0.6 is 0 Å². The molecule has 0 amide bonds. The van der Waals surface area contributed by atoms with Crippen LogP contribution in [0, 0.1) is 0 Å². The molecule has 19 heavy (non-hydrogen) atoms. The van der Waals surface area contributed by atoms with Crippen LogP contribution in [0.25, 0.3) is 0 Å². The second-order valence-corrected chi connectivity index (χ2v) is 6.11. The van der Waals surface area contributed by atoms with Gasteiger partial charge in [0.2, 0.25) is 10.0 Å². The summed E-state index contributed by atoms with van der Waals surface area (Å²) in [5, 5.41) is 2.92. The minimum atomic E-state index is -3.14. The Morgan fingerprint density at radius 2 is 1.84 bits per heavy atom. The second kappa shape index (κ2) is 8.90. The number of sulfonamides is 1. The highest BCUT2D eigenvalue weighted by atomic mass is 32.2. The Morgan fingerprint density at radius 3 is 2.53 bits per heavy atom. The minimum absolute atomic E-state index is 0.160. The molecule has 108 valence electrons. The Bertz CT molecular complexity index is 434. The van der Waals surface area contributed by atoms with Crippen LogP contribution in [-0.4, -0.2) is 40.9 Å². The molecule has 2 N–H and O–H groups in total. The summed E-state index contributed by atoms with van der Waals surface area (Å²) in [7, 11) is -1.34. The number of nitrogens with one attached hydrogen (secondary N) is 2. The van der Waals surface area contributed by atoms with Gasteiger partial charge in [-0.1, -0.05) is 18.2 Å². The zero-order valence-electron chi connectivity index (χ0n) is 11.3. The van der Waals surface area contributed by atoms with Gasteiger partial charge >= 0.3 is 0 Å². The molecule has 0 aliphatic heterocycles. The van der Waals surface area contributed by atoms with E-state index in [0.717, 1.165) is 5.75 Å². The first-order valence-electron chi connectivity index (χ1n) is 6.44. The predicted octanol–water partition coefficient (Wildman–Crippen LogP) is 0.984. The number of ether oxygens (including phenoxy) is 1. The third-order valence-corrected chi connectivity index (χ3v) is 3.96. The SMILES string of the molecule is CNCCCS(=O)(=O)NCCCOc1ccccc1. The van der Waals surface area contributed by atoms with Crippen LogP contribution in [0.3, 0.4) is 0 Å². The molecule has 0 unspecified atom stereocenters. The molecule has 5 nitrogen and oxygen atoms in total. The summed E-state index contributed by atoms with van der Waals surface area (Å²) < 4.78 is 31.2. The molecular formula is C13H22N2O3S. The topological polar surface area (TPSA) is 67.4 Å². The molecular weight excluding hydrogens is 264 g/mol. The van der Waals surface area contributed by atoms with Crippen molar-refractivity contribution in [3.63, 3.8) is 0 Å². The van der Waals surface area contributed by atoms with Crippen LogP contribution in [0.15, 0.2) is 30.3 Å². The lowest BCUT2D eigenvalue weighted by molar-refractivity contribution is 0.311. The molecule has 0 saturated heterocycles. The van der Waals surface area contributed by atoms with E-state index >= 15 is 0 Å². The third-order valence-electron chi connectivity index (χ3n) is 2.49. The smallest absolute Gasteiger partial charge is 0.211 e. The number of hydrogen-bond donors (Lipinski definition) is 2. The molecule has 0 aliphatic carbocycles. The van der Waals surface area contributed by atoms with Crippen LogP contribution in [0.5, 0.6) is 5.75 Å². The normalized spacial score (nSPS) is 11.4. The van der Waals surface area contributed by atoms with Gasteiger partial charge in [0, 0.05) is 6.54 Å². The fraction of sp³-hybridized carbons (Fsp3) is 0.538. The summed E-state index contributed by atoms with van der Waals surface area (Å²) in [5.41, 5.74) is 0. The third kappa shape index (κ3) is 7.81. The van der Waals surface area contributed by atoms with E-state index in [4.69, 9.17) is 4.74 Å². The Labute approximate surface area is 115 Å². The lowest BCUT2D eigenvalue weighted by Gasteiger charge is -2.08. The van der Waals surface area contributed by atoms with Crippen molar-refractivity contribution >= 4 is 10.0 Å². The van der Waals surface area contributed by atoms with E-state index in [1.807, 2.05) is 30.3 Å². The summed E-state index contributed by atoms with van der Waals surface area (Å²) in [5.74, 6) is 0.965. The molecule has 1 aromatic carbocycles. The van der Waals surface area contributed by atoms with Gasteiger partial charge in [0.05, 0.1) is 12.4 Å². The largest absolute Gasteiger partial charge is 0.494 e. The Balaban J connectivity index is 2.10. The van der Waals surface area contributed by atoms with Crippen molar-refractivity contribution in [3.8, 4) is 5.75 Å². The molecule has 0 fully saturated rings. The summed E-state index contributed by atoms with van der Waals surface area (Å²) in [6.45, 7) is 1.62. The van der Waals surface area contributed by atoms with Gasteiger partial charge in [-0.25, -0.2) is 13.1 Å². The van der Waals surface area contributed by atoms with Gasteiger partial charge in [-0.15, -0.1) is 0 Å². The molecule has 0 spiro atoms. The van der Waals surface area contributed by atoms with Gasteiger partial charge in [-0.05, 0) is 38.6 Å². The molecule has 1 rings (SSSR count). The molecule has 1 aromatic rings. The minimum Gasteiger partial charge on any atom is -0.494 e. The number of para-hydroxylation sites is 1. The first-order valence-corrected chi connectivity index (χ1v) is 8.09. The molecule has 0 aliphatic rings. The van der Waals surface area contributed by atoms with Crippen LogP contribution in [0.4, 0.5) is 0 Å². The fourth-order valence-electron chi connectivity index (χ4n) is 1.52. The lowest BCUT2D eigenvalue weighted by Crippen LogP contribution is -2.29. The zero-order chi connectivity index (χ0) is 14.0. The van der Waals surface area contributed by atoms with Crippen molar-refractivity contribution in [3.05, 3.63) is 30.3 Å². The molecule has 0 bridgehead atoms. The number of rotatable bonds is 10. The van der Waals surface area contributed by atoms with Crippen LogP contribution < -0.4 is 14.8 Å². The summed E-state index contributed by atoms with van der Waals surface area (Å²) in [6, 6.07) is 9.48. The van der Waals surface area contributed by atoms with Crippen molar-refractivity contribution in [1.82, 2.24) is 10.0 Å². The highest BCUT2D eigenvalue weighted by molar-refractivity contribution is 7.89. The summed E-state index contributed by atoms with van der Waals surface area (Å²) in [4.78, 5) is 0. The van der Waals surface area contributed by atoms with E-state index in [1.54, 1.807) is 7.05 Å². The summed E-state index contributed by atoms with van der Waals surface area (Å²) >= 11 is 0. The molecule has 0 radical (unpaired) electrons. The van der Waals surface area contributed by atoms with Gasteiger partial charge in [-0.2, -0.15) is 0 Å². The number of hydrogen-bond acceptors (Lipinski definition) is 4. The summed E-state index contributed by atoms with van der Waals surface area (Å²) in [6.07, 6.45) is 1.27. The highest BCUT2D eigenvalue weighted by Gasteiger charge is 2.08. The first-order chi connectivity index (χ1) is 9.14. The Kier molecular flexibility index (Phi) is 7.47. The maximum absolute atomic E-state index is 11.6. The molecule has 0 saturated carbocycles. The molecule has 0 aromatic heterocycles. The quantitative estimate of drug-likeness (QED) is 0.629. The van der Waals surface area contributed by atoms with Crippen molar-refractivity contribution in [2.24, 2.45) is 0 Å². The average Bonchev–Trinajstić information content (AvgIpc) is 2.39. The first kappa shape index (κ1) is 15.9. The Morgan fingerprint density at radius 1 is 1.11 bits per heavy atom. The van der Waals surface area contributed by atoms with Gasteiger partial charge in [0.1, 0.15) is 5.75 Å². The molecule has 0 heterocycles. The Hall–Kier alpha value is -1.11. The van der Waals surface area contributed by atoms with Gasteiger partial charge in [0.15, 0.2) is 0 Å². The van der Waals surface area contributed by atoms with Gasteiger partial charge in [-0.3, -0.25) is 0 Å². The average molecular weight is 286 g/mol. The fourth-order valence-corrected chi connectivity index (χ4v) is 2.64. The van der Waals surface area contributed by atoms with Crippen LogP contribution in [0.2, 0.25) is 0 Å². The van der Waals surface area contributed by atoms with Crippen molar-refractivity contribution in [2.45, 2.75) is 12.8 Å². The van der Waals surface area contributed by atoms with Crippen molar-refractivity contribution < 1.29 is 13.2 Å². The number of benzene rings is 1. The van der Waals surface area contributed by atoms with Crippen molar-refractivity contribution in [2.75, 3.05) is 32.5 Å². The monoisotopic (exact) mass is 286 g/mol. The lowest BCUT2D eigenvalue weighted by atomic mass is 10.3. The zero-order valence-corrected chi connectivity index (χ0v) is 12.1. The second-order valence-electron chi connectivity index (χ2n) is 4.19. The van der Waals surface area contributed by atoms with E-state index in [-0.39, 0.29) is 5.75 Å². The van der Waals surface area contributed by atoms with Crippen molar-refractivity contribution in [1.29, 1.82) is 0 Å². The van der Waals surface area contributed by atoms with E-state index in [2.05, 4.69) is 10.0 Å². The van der Waals surface area contributed by atoms with Gasteiger partial charge in [0.25, 0.3) is 0 Å². The maximum atomic E-state index is 11.6. The van der Waals surface area contributed by atoms with E-state index < -0.39 is 10.0 Å². The van der Waals surface area contributed by atoms with Crippen LogP contribution in [0.1, 0.15) is 12.8 Å². The van der Waals surface area contributed by atoms with Crippen LogP contribution in [-0.2, 0) is 10.0 Å². The van der Waals surface area contributed by atoms with Gasteiger partial charge < -0.3 is 10.1 Å². The highest BCUT2D eigenvalue weighted by Crippen LogP contribution is 2.08. The standard InChI is InChI=1S/C13H22N2O3S/c1-14-9-6-12-19(16,17)15-10-5-11-18-13-7-3-2-4-8-13/h2-4,7-8,14-15H,5-6,9-12H2,1H3. The van der Waals surface area contributed by atoms with E-state index in [9.17, 15) is 8.42 Å².